The predicted molar refractivity (Wildman–Crippen MR) is 152 cm³/mol. The third-order valence-corrected chi connectivity index (χ3v) is 9.03. The summed E-state index contributed by atoms with van der Waals surface area (Å²) < 4.78 is 6.41. The van der Waals surface area contributed by atoms with Crippen molar-refractivity contribution in [3.8, 4) is 0 Å². The molecule has 14 nitrogen and oxygen atoms in total. The van der Waals surface area contributed by atoms with E-state index in [4.69, 9.17) is 4.74 Å². The quantitative estimate of drug-likeness (QED) is 0.153. The molecule has 3 N–H and O–H groups in total. The topological polar surface area (TPSA) is 181 Å². The first-order chi connectivity index (χ1) is 20.4. The summed E-state index contributed by atoms with van der Waals surface area (Å²) in [7, 11) is 0. The summed E-state index contributed by atoms with van der Waals surface area (Å²) in [6.45, 7) is 2.23. The largest absolute Gasteiger partial charge is 0.477 e. The number of hydrogen-bond acceptors (Lipinski definition) is 11. The lowest BCUT2D eigenvalue weighted by atomic mass is 9.96. The molecule has 3 atom stereocenters. The van der Waals surface area contributed by atoms with Gasteiger partial charge >= 0.3 is 12.1 Å². The van der Waals surface area contributed by atoms with Crippen molar-refractivity contribution in [1.82, 2.24) is 40.8 Å². The van der Waals surface area contributed by atoms with Crippen LogP contribution in [0.15, 0.2) is 58.8 Å². The average molecular weight is 613 g/mol. The van der Waals surface area contributed by atoms with E-state index in [0.29, 0.717) is 33.3 Å². The Morgan fingerprint density at radius 3 is 2.79 bits per heavy atom. The van der Waals surface area contributed by atoms with Gasteiger partial charge < -0.3 is 20.5 Å². The number of β-lactam (4-membered cyclic amide) rings is 1. The molecule has 1 aromatic carbocycles. The molecule has 0 radical (unpaired) electrons. The standard InChI is InChI=1S/C26H28N8O6S2/c1-2-3-11-40-26(39)27-12-17(15-7-5-4-6-8-15)22(35)28-20-23(36)33-21(25(37)38)16(14-42-24(20)33)13-41-19-10-9-18-29-31-32-34(18)30-19/h4-10,17,20,24H,2-3,11-14H2,1H3,(H,27,39)(H,28,35)(H,37,38)/t17?,20?,24-/m1/s1. The molecule has 4 heterocycles. The third kappa shape index (κ3) is 6.33. The molecule has 0 spiro atoms. The fourth-order valence-electron chi connectivity index (χ4n) is 4.51. The highest BCUT2D eigenvalue weighted by atomic mass is 32.2. The number of carbonyl (C=O) groups excluding carboxylic acids is 3. The van der Waals surface area contributed by atoms with Crippen LogP contribution in [0.5, 0.6) is 0 Å². The first-order valence-electron chi connectivity index (χ1n) is 13.2. The summed E-state index contributed by atoms with van der Waals surface area (Å²) in [5.41, 5.74) is 1.62. The Morgan fingerprint density at radius 1 is 1.21 bits per heavy atom. The molecule has 1 saturated heterocycles. The second-order valence-corrected chi connectivity index (χ2v) is 11.6. The lowest BCUT2D eigenvalue weighted by Gasteiger charge is -2.49. The van der Waals surface area contributed by atoms with E-state index in [1.807, 2.05) is 13.0 Å². The Bertz CT molecular complexity index is 1520. The van der Waals surface area contributed by atoms with Crippen molar-refractivity contribution in [2.75, 3.05) is 24.7 Å². The van der Waals surface area contributed by atoms with E-state index in [1.165, 1.54) is 33.1 Å². The van der Waals surface area contributed by atoms with Gasteiger partial charge in [0, 0.05) is 18.1 Å². The van der Waals surface area contributed by atoms with E-state index in [1.54, 1.807) is 36.4 Å². The van der Waals surface area contributed by atoms with Gasteiger partial charge in [-0.2, -0.15) is 0 Å². The van der Waals surface area contributed by atoms with Crippen molar-refractivity contribution in [2.24, 2.45) is 0 Å². The van der Waals surface area contributed by atoms with Gasteiger partial charge in [0.15, 0.2) is 5.65 Å². The van der Waals surface area contributed by atoms with E-state index in [2.05, 4.69) is 31.3 Å². The van der Waals surface area contributed by atoms with Crippen molar-refractivity contribution in [3.05, 3.63) is 59.3 Å². The number of unbranched alkanes of at least 4 members (excludes halogenated alkanes) is 1. The number of alkyl carbamates (subject to hydrolysis) is 1. The maximum absolute atomic E-state index is 13.4. The van der Waals surface area contributed by atoms with Crippen LogP contribution in [0, 0.1) is 0 Å². The van der Waals surface area contributed by atoms with Gasteiger partial charge in [-0.05, 0) is 40.1 Å². The number of tetrazole rings is 1. The molecule has 2 aliphatic rings. The Balaban J connectivity index is 1.25. The van der Waals surface area contributed by atoms with Crippen LogP contribution in [0.2, 0.25) is 0 Å². The minimum Gasteiger partial charge on any atom is -0.477 e. The number of amides is 3. The highest BCUT2D eigenvalue weighted by Crippen LogP contribution is 2.41. The van der Waals surface area contributed by atoms with Crippen LogP contribution in [0.3, 0.4) is 0 Å². The molecule has 0 aliphatic carbocycles. The molecule has 42 heavy (non-hydrogen) atoms. The van der Waals surface area contributed by atoms with Crippen LogP contribution in [-0.2, 0) is 19.1 Å². The van der Waals surface area contributed by atoms with Gasteiger partial charge in [-0.1, -0.05) is 43.7 Å². The summed E-state index contributed by atoms with van der Waals surface area (Å²) >= 11 is 2.69. The zero-order chi connectivity index (χ0) is 29.6. The highest BCUT2D eigenvalue weighted by Gasteiger charge is 2.54. The number of aromatic nitrogens is 5. The Kier molecular flexibility index (Phi) is 9.22. The second-order valence-electron chi connectivity index (χ2n) is 9.47. The zero-order valence-electron chi connectivity index (χ0n) is 22.5. The molecule has 2 aromatic heterocycles. The van der Waals surface area contributed by atoms with Gasteiger partial charge in [0.1, 0.15) is 22.1 Å². The normalized spacial score (nSPS) is 18.7. The van der Waals surface area contributed by atoms with E-state index < -0.39 is 41.2 Å². The fourth-order valence-corrected chi connectivity index (χ4v) is 6.85. The number of benzene rings is 1. The van der Waals surface area contributed by atoms with Gasteiger partial charge in [-0.3, -0.25) is 14.5 Å². The van der Waals surface area contributed by atoms with E-state index in [-0.39, 0.29) is 18.8 Å². The van der Waals surface area contributed by atoms with E-state index in [9.17, 15) is 24.3 Å². The van der Waals surface area contributed by atoms with Crippen LogP contribution in [-0.4, -0.2) is 95.2 Å². The van der Waals surface area contributed by atoms with Crippen molar-refractivity contribution in [1.29, 1.82) is 0 Å². The maximum Gasteiger partial charge on any atom is 0.407 e. The highest BCUT2D eigenvalue weighted by molar-refractivity contribution is 8.01. The molecule has 3 amide bonds. The summed E-state index contributed by atoms with van der Waals surface area (Å²) in [5.74, 6) is -2.32. The van der Waals surface area contributed by atoms with Gasteiger partial charge in [0.25, 0.3) is 5.91 Å². The van der Waals surface area contributed by atoms with Crippen LogP contribution >= 0.6 is 23.5 Å². The maximum atomic E-state index is 13.4. The summed E-state index contributed by atoms with van der Waals surface area (Å²) in [6.07, 6.45) is 0.985. The smallest absolute Gasteiger partial charge is 0.407 e. The number of ether oxygens (including phenoxy) is 1. The number of aliphatic carboxylic acids is 1. The molecule has 16 heteroatoms. The average Bonchev–Trinajstić information content (AvgIpc) is 3.47. The first kappa shape index (κ1) is 29.3. The van der Waals surface area contributed by atoms with Crippen LogP contribution < -0.4 is 10.6 Å². The molecule has 1 fully saturated rings. The van der Waals surface area contributed by atoms with Gasteiger partial charge in [-0.25, -0.2) is 9.59 Å². The molecule has 3 aromatic rings. The molecular formula is C26H28N8O6S2. The number of carbonyl (C=O) groups is 4. The SMILES string of the molecule is CCCCOC(=O)NCC(C(=O)NC1C(=O)N2C(C(=O)O)=C(CSc3ccc4nnnn4n3)CS[C@H]12)c1ccccc1. The van der Waals surface area contributed by atoms with Crippen molar-refractivity contribution < 1.29 is 29.0 Å². The lowest BCUT2D eigenvalue weighted by molar-refractivity contribution is -0.150. The van der Waals surface area contributed by atoms with E-state index >= 15 is 0 Å². The number of hydrogen-bond donors (Lipinski definition) is 3. The Labute approximate surface area is 248 Å². The number of carboxylic acids is 1. The second kappa shape index (κ2) is 13.2. The Morgan fingerprint density at radius 2 is 2.02 bits per heavy atom. The molecule has 2 aliphatic heterocycles. The van der Waals surface area contributed by atoms with Crippen molar-refractivity contribution in [2.45, 2.75) is 42.1 Å². The number of nitrogens with one attached hydrogen (secondary N) is 2. The minimum atomic E-state index is -1.22. The molecule has 5 rings (SSSR count). The zero-order valence-corrected chi connectivity index (χ0v) is 24.1. The van der Waals surface area contributed by atoms with Gasteiger partial charge in [-0.15, -0.1) is 38.4 Å². The van der Waals surface area contributed by atoms with Crippen LogP contribution in [0.25, 0.3) is 5.65 Å². The molecule has 220 valence electrons. The van der Waals surface area contributed by atoms with Crippen LogP contribution in [0.1, 0.15) is 31.2 Å². The number of rotatable bonds is 12. The third-order valence-electron chi connectivity index (χ3n) is 6.69. The molecule has 2 unspecified atom stereocenters. The van der Waals surface area contributed by atoms with Crippen molar-refractivity contribution >= 4 is 53.0 Å². The summed E-state index contributed by atoms with van der Waals surface area (Å²) in [5, 5.41) is 30.9. The monoisotopic (exact) mass is 612 g/mol. The first-order valence-corrected chi connectivity index (χ1v) is 15.2. The minimum absolute atomic E-state index is 0.0324. The van der Waals surface area contributed by atoms with Gasteiger partial charge in [0.05, 0.1) is 12.5 Å². The molecule has 0 bridgehead atoms. The Hall–Kier alpha value is -4.18. The number of fused-ring (bicyclic) bond motifs is 2. The van der Waals surface area contributed by atoms with Crippen LogP contribution in [0.4, 0.5) is 4.79 Å². The summed E-state index contributed by atoms with van der Waals surface area (Å²) in [4.78, 5) is 52.2. The molecular weight excluding hydrogens is 584 g/mol. The van der Waals surface area contributed by atoms with Crippen molar-refractivity contribution in [3.63, 3.8) is 0 Å². The number of thioether (sulfide) groups is 2. The summed E-state index contributed by atoms with van der Waals surface area (Å²) in [6, 6.07) is 11.4. The molecule has 0 saturated carbocycles. The van der Waals surface area contributed by atoms with Gasteiger partial charge in [0.2, 0.25) is 5.91 Å². The number of carboxylic acid groups (broad SMARTS) is 1. The van der Waals surface area contributed by atoms with E-state index in [0.717, 1.165) is 12.8 Å². The number of nitrogens with zero attached hydrogens (tertiary/aromatic N) is 6. The predicted octanol–water partition coefficient (Wildman–Crippen LogP) is 1.66. The lowest BCUT2D eigenvalue weighted by Crippen LogP contribution is -2.71. The fraction of sp³-hybridized carbons (Fsp3) is 0.385.